The second-order valence-corrected chi connectivity index (χ2v) is 6.58. The Kier molecular flexibility index (Phi) is 3.54. The summed E-state index contributed by atoms with van der Waals surface area (Å²) >= 11 is 0. The number of nitro groups is 1. The molecule has 26 heavy (non-hydrogen) atoms. The van der Waals surface area contributed by atoms with E-state index in [9.17, 15) is 14.9 Å². The third-order valence-electron chi connectivity index (χ3n) is 4.93. The van der Waals surface area contributed by atoms with Crippen LogP contribution in [0.4, 0.5) is 5.69 Å². The van der Waals surface area contributed by atoms with Gasteiger partial charge in [-0.3, -0.25) is 14.9 Å². The Morgan fingerprint density at radius 1 is 1.23 bits per heavy atom. The van der Waals surface area contributed by atoms with Gasteiger partial charge < -0.3 is 4.74 Å². The molecular formula is C19H17N3O4. The van der Waals surface area contributed by atoms with Crippen LogP contribution in [0.2, 0.25) is 0 Å². The zero-order valence-electron chi connectivity index (χ0n) is 14.4. The van der Waals surface area contributed by atoms with Crippen LogP contribution in [0.15, 0.2) is 53.6 Å². The first-order chi connectivity index (χ1) is 12.4. The number of nitrogens with zero attached hydrogens (tertiary/aromatic N) is 3. The molecule has 0 aromatic heterocycles. The molecule has 0 radical (unpaired) electrons. The van der Waals surface area contributed by atoms with E-state index in [0.29, 0.717) is 22.7 Å². The molecule has 0 aliphatic carbocycles. The predicted molar refractivity (Wildman–Crippen MR) is 96.2 cm³/mol. The van der Waals surface area contributed by atoms with Gasteiger partial charge in [-0.25, -0.2) is 0 Å². The molecule has 7 nitrogen and oxygen atoms in total. The van der Waals surface area contributed by atoms with Crippen molar-refractivity contribution in [3.05, 3.63) is 69.8 Å². The van der Waals surface area contributed by atoms with Crippen molar-refractivity contribution in [3.63, 3.8) is 0 Å². The lowest BCUT2D eigenvalue weighted by Gasteiger charge is -2.27. The molecule has 2 atom stereocenters. The summed E-state index contributed by atoms with van der Waals surface area (Å²) in [6.07, 6.45) is 0. The van der Waals surface area contributed by atoms with Crippen LogP contribution in [0.1, 0.15) is 24.0 Å². The number of anilines is 1. The highest BCUT2D eigenvalue weighted by atomic mass is 16.6. The van der Waals surface area contributed by atoms with Crippen LogP contribution in [-0.4, -0.2) is 28.7 Å². The first kappa shape index (κ1) is 16.3. The molecule has 0 N–H and O–H groups in total. The number of aryl methyl sites for hydroxylation is 1. The van der Waals surface area contributed by atoms with Crippen molar-refractivity contribution < 1.29 is 14.5 Å². The maximum Gasteiger partial charge on any atom is 0.298 e. The summed E-state index contributed by atoms with van der Waals surface area (Å²) < 4.78 is 6.07. The molecule has 7 heteroatoms. The minimum Gasteiger partial charge on any atom is -0.470 e. The Morgan fingerprint density at radius 3 is 2.65 bits per heavy atom. The standard InChI is InChI=1S/C19H17N3O4/c1-12-8-9-17-15(10-12)16(11-21(24)25)19(26-17)13(2)20-22(18(19)23)14-6-4-3-5-7-14/h3-10,16H,11H2,1-2H3/t16-,19+/m0/s1. The molecule has 2 aromatic rings. The number of hydrogen-bond donors (Lipinski definition) is 0. The highest BCUT2D eigenvalue weighted by Gasteiger charge is 2.63. The smallest absolute Gasteiger partial charge is 0.298 e. The van der Waals surface area contributed by atoms with E-state index in [4.69, 9.17) is 4.74 Å². The number of hydrogen-bond acceptors (Lipinski definition) is 5. The SMILES string of the molecule is CC1=NN(c2ccccc2)C(=O)[C@@]12Oc1ccc(C)cc1[C@@H]2C[N+](=O)[O-]. The van der Waals surface area contributed by atoms with Gasteiger partial charge in [0.1, 0.15) is 11.7 Å². The number of carbonyl (C=O) groups excluding carboxylic acids is 1. The summed E-state index contributed by atoms with van der Waals surface area (Å²) in [5.74, 6) is -0.625. The largest absolute Gasteiger partial charge is 0.470 e. The molecule has 0 saturated carbocycles. The molecule has 0 saturated heterocycles. The molecule has 2 aliphatic heterocycles. The summed E-state index contributed by atoms with van der Waals surface area (Å²) in [5, 5.41) is 17.0. The average molecular weight is 351 g/mol. The number of carbonyl (C=O) groups is 1. The first-order valence-corrected chi connectivity index (χ1v) is 8.30. The van der Waals surface area contributed by atoms with Crippen molar-refractivity contribution in [1.82, 2.24) is 0 Å². The Morgan fingerprint density at radius 2 is 1.96 bits per heavy atom. The molecule has 0 unspecified atom stereocenters. The monoisotopic (exact) mass is 351 g/mol. The number of amides is 1. The molecule has 2 aliphatic rings. The lowest BCUT2D eigenvalue weighted by molar-refractivity contribution is -0.484. The minimum atomic E-state index is -1.47. The summed E-state index contributed by atoms with van der Waals surface area (Å²) in [6, 6.07) is 14.5. The summed E-state index contributed by atoms with van der Waals surface area (Å²) in [7, 11) is 0. The van der Waals surface area contributed by atoms with Gasteiger partial charge in [-0.1, -0.05) is 35.9 Å². The second-order valence-electron chi connectivity index (χ2n) is 6.58. The van der Waals surface area contributed by atoms with Crippen LogP contribution in [0.5, 0.6) is 5.75 Å². The maximum absolute atomic E-state index is 13.3. The van der Waals surface area contributed by atoms with Crippen molar-refractivity contribution in [2.24, 2.45) is 5.10 Å². The predicted octanol–water partition coefficient (Wildman–Crippen LogP) is 2.91. The molecular weight excluding hydrogens is 334 g/mol. The van der Waals surface area contributed by atoms with Crippen LogP contribution in [0.3, 0.4) is 0 Å². The number of hydrazone groups is 1. The van der Waals surface area contributed by atoms with E-state index in [1.54, 1.807) is 37.3 Å². The molecule has 0 bridgehead atoms. The van der Waals surface area contributed by atoms with Crippen LogP contribution in [0, 0.1) is 17.0 Å². The fourth-order valence-corrected chi connectivity index (χ4v) is 3.72. The van der Waals surface area contributed by atoms with E-state index in [2.05, 4.69) is 5.10 Å². The van der Waals surface area contributed by atoms with Gasteiger partial charge in [-0.05, 0) is 32.0 Å². The summed E-state index contributed by atoms with van der Waals surface area (Å²) in [6.45, 7) is 3.19. The number of fused-ring (bicyclic) bond motifs is 1. The van der Waals surface area contributed by atoms with E-state index >= 15 is 0 Å². The van der Waals surface area contributed by atoms with Crippen LogP contribution in [0.25, 0.3) is 0 Å². The topological polar surface area (TPSA) is 85.0 Å². The fourth-order valence-electron chi connectivity index (χ4n) is 3.72. The van der Waals surface area contributed by atoms with Gasteiger partial charge >= 0.3 is 0 Å². The normalized spacial score (nSPS) is 23.8. The van der Waals surface area contributed by atoms with Crippen molar-refractivity contribution in [2.45, 2.75) is 25.4 Å². The number of rotatable bonds is 3. The number of ether oxygens (including phenoxy) is 1. The molecule has 1 amide bonds. The minimum absolute atomic E-state index is 0.401. The third-order valence-corrected chi connectivity index (χ3v) is 4.93. The first-order valence-electron chi connectivity index (χ1n) is 8.30. The Bertz CT molecular complexity index is 941. The summed E-state index contributed by atoms with van der Waals surface area (Å²) in [4.78, 5) is 24.3. The van der Waals surface area contributed by atoms with Gasteiger partial charge in [0.05, 0.1) is 11.4 Å². The third kappa shape index (κ3) is 2.20. The van der Waals surface area contributed by atoms with Gasteiger partial charge in [-0.15, -0.1) is 0 Å². The van der Waals surface area contributed by atoms with Crippen LogP contribution >= 0.6 is 0 Å². The van der Waals surface area contributed by atoms with Crippen molar-refractivity contribution >= 4 is 17.3 Å². The highest BCUT2D eigenvalue weighted by Crippen LogP contribution is 2.49. The Labute approximate surface area is 150 Å². The Balaban J connectivity index is 1.83. The molecule has 132 valence electrons. The van der Waals surface area contributed by atoms with E-state index < -0.39 is 28.9 Å². The zero-order valence-corrected chi connectivity index (χ0v) is 14.4. The van der Waals surface area contributed by atoms with Crippen LogP contribution < -0.4 is 9.75 Å². The lowest BCUT2D eigenvalue weighted by Crippen LogP contribution is -2.54. The average Bonchev–Trinajstić information content (AvgIpc) is 3.06. The van der Waals surface area contributed by atoms with Crippen LogP contribution in [-0.2, 0) is 4.79 Å². The van der Waals surface area contributed by atoms with Gasteiger partial charge in [0.25, 0.3) is 5.91 Å². The maximum atomic E-state index is 13.3. The highest BCUT2D eigenvalue weighted by molar-refractivity contribution is 6.23. The zero-order chi connectivity index (χ0) is 18.5. The molecule has 1 spiro atoms. The van der Waals surface area contributed by atoms with E-state index in [1.807, 2.05) is 25.1 Å². The number of benzene rings is 2. The van der Waals surface area contributed by atoms with E-state index in [-0.39, 0.29) is 0 Å². The van der Waals surface area contributed by atoms with Gasteiger partial charge in [0, 0.05) is 10.5 Å². The van der Waals surface area contributed by atoms with Gasteiger partial charge in [-0.2, -0.15) is 10.1 Å². The molecule has 2 heterocycles. The van der Waals surface area contributed by atoms with E-state index in [1.165, 1.54) is 5.01 Å². The van der Waals surface area contributed by atoms with Crippen molar-refractivity contribution in [1.29, 1.82) is 0 Å². The molecule has 0 fully saturated rings. The Hall–Kier alpha value is -3.22. The van der Waals surface area contributed by atoms with Gasteiger partial charge in [0.15, 0.2) is 0 Å². The van der Waals surface area contributed by atoms with Crippen molar-refractivity contribution in [3.8, 4) is 5.75 Å². The quantitative estimate of drug-likeness (QED) is 0.628. The fraction of sp³-hybridized carbons (Fsp3) is 0.263. The van der Waals surface area contributed by atoms with Gasteiger partial charge in [0.2, 0.25) is 12.1 Å². The van der Waals surface area contributed by atoms with Crippen molar-refractivity contribution in [2.75, 3.05) is 11.6 Å². The summed E-state index contributed by atoms with van der Waals surface area (Å²) in [5.41, 5.74) is 1.19. The molecule has 2 aromatic carbocycles. The lowest BCUT2D eigenvalue weighted by atomic mass is 9.80. The molecule has 4 rings (SSSR count). The number of para-hydroxylation sites is 1. The van der Waals surface area contributed by atoms with E-state index in [0.717, 1.165) is 5.56 Å². The second kappa shape index (κ2) is 5.66.